The van der Waals surface area contributed by atoms with Crippen LogP contribution in [0.15, 0.2) is 12.3 Å². The average molecular weight is 264 g/mol. The summed E-state index contributed by atoms with van der Waals surface area (Å²) in [6.07, 6.45) is 2.95. The molecule has 1 N–H and O–H groups in total. The van der Waals surface area contributed by atoms with Crippen LogP contribution in [-0.2, 0) is 4.74 Å². The van der Waals surface area contributed by atoms with E-state index < -0.39 is 4.92 Å². The SMILES string of the molecule is CCCC(COC)Nc1ncc([N+](=O)[O-])cc1C#N. The van der Waals surface area contributed by atoms with E-state index in [9.17, 15) is 10.1 Å². The molecule has 1 atom stereocenters. The molecule has 1 unspecified atom stereocenters. The van der Waals surface area contributed by atoms with Gasteiger partial charge in [-0.2, -0.15) is 5.26 Å². The highest BCUT2D eigenvalue weighted by atomic mass is 16.6. The number of rotatable bonds is 7. The second-order valence-electron chi connectivity index (χ2n) is 4.04. The zero-order valence-corrected chi connectivity index (χ0v) is 10.9. The summed E-state index contributed by atoms with van der Waals surface area (Å²) in [5.74, 6) is 0.351. The quantitative estimate of drug-likeness (QED) is 0.597. The maximum absolute atomic E-state index is 10.6. The predicted molar refractivity (Wildman–Crippen MR) is 69.8 cm³/mol. The van der Waals surface area contributed by atoms with Crippen LogP contribution in [0.2, 0.25) is 0 Å². The molecule has 19 heavy (non-hydrogen) atoms. The summed E-state index contributed by atoms with van der Waals surface area (Å²) < 4.78 is 5.08. The van der Waals surface area contributed by atoms with Crippen molar-refractivity contribution in [3.8, 4) is 6.07 Å². The first kappa shape index (κ1) is 14.9. The van der Waals surface area contributed by atoms with E-state index in [2.05, 4.69) is 10.3 Å². The third kappa shape index (κ3) is 4.19. The Morgan fingerprint density at radius 1 is 1.68 bits per heavy atom. The lowest BCUT2D eigenvalue weighted by molar-refractivity contribution is -0.385. The molecule has 0 aliphatic heterocycles. The minimum atomic E-state index is -0.573. The van der Waals surface area contributed by atoms with Gasteiger partial charge < -0.3 is 10.1 Å². The number of nitro groups is 1. The van der Waals surface area contributed by atoms with Gasteiger partial charge in [-0.15, -0.1) is 0 Å². The van der Waals surface area contributed by atoms with Crippen molar-refractivity contribution in [2.75, 3.05) is 19.0 Å². The Morgan fingerprint density at radius 2 is 2.42 bits per heavy atom. The molecule has 1 heterocycles. The number of hydrogen-bond donors (Lipinski definition) is 1. The molecule has 102 valence electrons. The van der Waals surface area contributed by atoms with E-state index in [1.165, 1.54) is 6.07 Å². The van der Waals surface area contributed by atoms with E-state index in [4.69, 9.17) is 10.00 Å². The summed E-state index contributed by atoms with van der Waals surface area (Å²) in [7, 11) is 1.60. The van der Waals surface area contributed by atoms with Crippen molar-refractivity contribution < 1.29 is 9.66 Å². The van der Waals surface area contributed by atoms with Crippen LogP contribution in [0.5, 0.6) is 0 Å². The van der Waals surface area contributed by atoms with Crippen LogP contribution in [0, 0.1) is 21.4 Å². The average Bonchev–Trinajstić information content (AvgIpc) is 2.39. The van der Waals surface area contributed by atoms with Gasteiger partial charge in [0.15, 0.2) is 0 Å². The summed E-state index contributed by atoms with van der Waals surface area (Å²) in [5.41, 5.74) is -0.0349. The molecule has 0 aliphatic rings. The molecule has 0 bridgehead atoms. The standard InChI is InChI=1S/C12H16N4O3/c1-3-4-10(8-19-2)15-12-9(6-13)5-11(7-14-12)16(17)18/h5,7,10H,3-4,8H2,1-2H3,(H,14,15). The second kappa shape index (κ2) is 7.28. The highest BCUT2D eigenvalue weighted by Gasteiger charge is 2.15. The van der Waals surface area contributed by atoms with Crippen molar-refractivity contribution in [2.45, 2.75) is 25.8 Å². The minimum absolute atomic E-state index is 0.0241. The van der Waals surface area contributed by atoms with E-state index in [1.807, 2.05) is 13.0 Å². The molecule has 7 nitrogen and oxygen atoms in total. The normalized spacial score (nSPS) is 11.6. The number of nitrogens with one attached hydrogen (secondary N) is 1. The van der Waals surface area contributed by atoms with Crippen LogP contribution in [0.3, 0.4) is 0 Å². The fourth-order valence-electron chi connectivity index (χ4n) is 1.69. The maximum Gasteiger partial charge on any atom is 0.289 e. The van der Waals surface area contributed by atoms with Crippen molar-refractivity contribution in [1.29, 1.82) is 5.26 Å². The zero-order chi connectivity index (χ0) is 14.3. The summed E-state index contributed by atoms with van der Waals surface area (Å²) in [5, 5.41) is 22.7. The fraction of sp³-hybridized carbons (Fsp3) is 0.500. The van der Waals surface area contributed by atoms with Crippen molar-refractivity contribution in [3.63, 3.8) is 0 Å². The van der Waals surface area contributed by atoms with E-state index in [1.54, 1.807) is 7.11 Å². The summed E-state index contributed by atoms with van der Waals surface area (Å²) in [4.78, 5) is 14.0. The van der Waals surface area contributed by atoms with Gasteiger partial charge in [0.05, 0.1) is 17.6 Å². The van der Waals surface area contributed by atoms with Crippen molar-refractivity contribution in [2.24, 2.45) is 0 Å². The van der Waals surface area contributed by atoms with Gasteiger partial charge in [-0.1, -0.05) is 13.3 Å². The largest absolute Gasteiger partial charge is 0.383 e. The molecule has 0 saturated heterocycles. The summed E-state index contributed by atoms with van der Waals surface area (Å²) in [6, 6.07) is 3.15. The first-order chi connectivity index (χ1) is 9.12. The predicted octanol–water partition coefficient (Wildman–Crippen LogP) is 2.09. The van der Waals surface area contributed by atoms with Gasteiger partial charge in [0.2, 0.25) is 0 Å². The number of aromatic nitrogens is 1. The molecule has 0 aliphatic carbocycles. The third-order valence-electron chi connectivity index (χ3n) is 2.55. The number of nitriles is 1. The number of anilines is 1. The Morgan fingerprint density at radius 3 is 2.95 bits per heavy atom. The number of pyridine rings is 1. The first-order valence-corrected chi connectivity index (χ1v) is 5.92. The molecule has 1 aromatic heterocycles. The molecular formula is C12H16N4O3. The molecule has 0 radical (unpaired) electrons. The smallest absolute Gasteiger partial charge is 0.289 e. The van der Waals surface area contributed by atoms with Crippen molar-refractivity contribution in [3.05, 3.63) is 27.9 Å². The van der Waals surface area contributed by atoms with Gasteiger partial charge in [0.25, 0.3) is 5.69 Å². The number of nitrogens with zero attached hydrogens (tertiary/aromatic N) is 3. The van der Waals surface area contributed by atoms with Crippen LogP contribution in [0.25, 0.3) is 0 Å². The van der Waals surface area contributed by atoms with Crippen LogP contribution in [0.1, 0.15) is 25.3 Å². The Kier molecular flexibility index (Phi) is 5.70. The highest BCUT2D eigenvalue weighted by Crippen LogP contribution is 2.19. The second-order valence-corrected chi connectivity index (χ2v) is 4.04. The molecule has 7 heteroatoms. The molecule has 1 aromatic rings. The third-order valence-corrected chi connectivity index (χ3v) is 2.55. The first-order valence-electron chi connectivity index (χ1n) is 5.92. The van der Waals surface area contributed by atoms with Crippen LogP contribution in [-0.4, -0.2) is 29.7 Å². The van der Waals surface area contributed by atoms with E-state index in [0.29, 0.717) is 12.4 Å². The van der Waals surface area contributed by atoms with Crippen molar-refractivity contribution in [1.82, 2.24) is 4.98 Å². The van der Waals surface area contributed by atoms with E-state index in [0.717, 1.165) is 19.0 Å². The fourth-order valence-corrected chi connectivity index (χ4v) is 1.69. The van der Waals surface area contributed by atoms with Gasteiger partial charge in [-0.25, -0.2) is 4.98 Å². The van der Waals surface area contributed by atoms with E-state index >= 15 is 0 Å². The van der Waals surface area contributed by atoms with Crippen LogP contribution >= 0.6 is 0 Å². The lowest BCUT2D eigenvalue weighted by atomic mass is 10.1. The van der Waals surface area contributed by atoms with E-state index in [-0.39, 0.29) is 17.3 Å². The molecule has 0 saturated carbocycles. The number of ether oxygens (including phenoxy) is 1. The van der Waals surface area contributed by atoms with Gasteiger partial charge in [0.1, 0.15) is 23.6 Å². The minimum Gasteiger partial charge on any atom is -0.383 e. The summed E-state index contributed by atoms with van der Waals surface area (Å²) >= 11 is 0. The molecular weight excluding hydrogens is 248 g/mol. The Balaban J connectivity index is 2.93. The Hall–Kier alpha value is -2.20. The molecule has 0 fully saturated rings. The summed E-state index contributed by atoms with van der Waals surface area (Å²) in [6.45, 7) is 2.52. The topological polar surface area (TPSA) is 101 Å². The highest BCUT2D eigenvalue weighted by molar-refractivity contribution is 5.55. The van der Waals surface area contributed by atoms with Crippen LogP contribution in [0.4, 0.5) is 11.5 Å². The van der Waals surface area contributed by atoms with Gasteiger partial charge >= 0.3 is 0 Å². The van der Waals surface area contributed by atoms with Gasteiger partial charge in [-0.3, -0.25) is 10.1 Å². The Labute approximate surface area is 111 Å². The van der Waals surface area contributed by atoms with Crippen LogP contribution < -0.4 is 5.32 Å². The molecule has 0 aromatic carbocycles. The molecule has 0 amide bonds. The monoisotopic (exact) mass is 264 g/mol. The maximum atomic E-state index is 10.6. The van der Waals surface area contributed by atoms with Gasteiger partial charge in [0, 0.05) is 13.2 Å². The number of methoxy groups -OCH3 is 1. The lowest BCUT2D eigenvalue weighted by Gasteiger charge is -2.18. The molecule has 0 spiro atoms. The van der Waals surface area contributed by atoms with Crippen molar-refractivity contribution >= 4 is 11.5 Å². The Bertz CT molecular complexity index is 478. The lowest BCUT2D eigenvalue weighted by Crippen LogP contribution is -2.25. The van der Waals surface area contributed by atoms with Gasteiger partial charge in [-0.05, 0) is 6.42 Å². The zero-order valence-electron chi connectivity index (χ0n) is 10.9. The molecule has 1 rings (SSSR count). The number of hydrogen-bond acceptors (Lipinski definition) is 6.